The van der Waals surface area contributed by atoms with Gasteiger partial charge < -0.3 is 4.48 Å². The van der Waals surface area contributed by atoms with E-state index in [0.29, 0.717) is 0 Å². The number of hydrogen-bond donors (Lipinski definition) is 0. The second-order valence-electron chi connectivity index (χ2n) is 4.72. The van der Waals surface area contributed by atoms with Gasteiger partial charge in [0.15, 0.2) is 23.3 Å². The zero-order chi connectivity index (χ0) is 14.1. The molecule has 8 heteroatoms. The quantitative estimate of drug-likeness (QED) is 0.200. The lowest BCUT2D eigenvalue weighted by Crippen LogP contribution is -2.34. The van der Waals surface area contributed by atoms with Crippen LogP contribution >= 0.6 is 0 Å². The molecule has 1 aromatic carbocycles. The summed E-state index contributed by atoms with van der Waals surface area (Å²) in [5.74, 6) is -6.45. The molecule has 0 bridgehead atoms. The van der Waals surface area contributed by atoms with E-state index >= 15 is 0 Å². The zero-order valence-corrected chi connectivity index (χ0v) is 10.0. The van der Waals surface area contributed by atoms with Gasteiger partial charge in [0.1, 0.15) is 12.2 Å². The molecule has 98 valence electrons. The highest BCUT2D eigenvalue weighted by molar-refractivity contribution is 5.44. The van der Waals surface area contributed by atoms with E-state index < -0.39 is 34.5 Å². The average molecular weight is 263 g/mol. The first-order chi connectivity index (χ1) is 8.19. The summed E-state index contributed by atoms with van der Waals surface area (Å²) < 4.78 is 54.1. The van der Waals surface area contributed by atoms with Crippen molar-refractivity contribution < 1.29 is 22.0 Å². The molecule has 0 aromatic heterocycles. The van der Waals surface area contributed by atoms with Crippen molar-refractivity contribution >= 4 is 5.69 Å². The Kier molecular flexibility index (Phi) is 3.83. The topological polar surface area (TPSA) is 48.8 Å². The first-order valence-corrected chi connectivity index (χ1v) is 4.89. The number of rotatable bonds is 3. The molecule has 0 aliphatic rings. The van der Waals surface area contributed by atoms with Crippen LogP contribution in [-0.4, -0.2) is 25.6 Å². The van der Waals surface area contributed by atoms with Crippen molar-refractivity contribution in [2.24, 2.45) is 5.11 Å². The minimum absolute atomic E-state index is 0.0770. The van der Waals surface area contributed by atoms with Crippen LogP contribution in [0.1, 0.15) is 5.56 Å². The summed E-state index contributed by atoms with van der Waals surface area (Å²) in [7, 11) is 4.82. The van der Waals surface area contributed by atoms with E-state index in [-0.39, 0.29) is 11.0 Å². The molecule has 0 aliphatic carbocycles. The standard InChI is InChI=1S/C10H11F4N4/c1-18(2,3)4-5-6(11)8(13)10(16-17-15)9(14)7(5)12/h4H2,1-3H3/q+1. The Bertz CT molecular complexity index is 501. The Labute approximate surface area is 101 Å². The summed E-state index contributed by atoms with van der Waals surface area (Å²) in [6, 6.07) is 0. The number of hydrogen-bond acceptors (Lipinski definition) is 1. The maximum atomic E-state index is 13.6. The second kappa shape index (κ2) is 4.83. The van der Waals surface area contributed by atoms with Gasteiger partial charge in [0.2, 0.25) is 0 Å². The number of halogens is 4. The van der Waals surface area contributed by atoms with Gasteiger partial charge in [-0.15, -0.1) is 0 Å². The number of nitrogens with zero attached hydrogens (tertiary/aromatic N) is 4. The van der Waals surface area contributed by atoms with Gasteiger partial charge in [0.25, 0.3) is 0 Å². The van der Waals surface area contributed by atoms with Crippen molar-refractivity contribution in [3.63, 3.8) is 0 Å². The minimum atomic E-state index is -1.69. The predicted molar refractivity (Wildman–Crippen MR) is 56.8 cm³/mol. The molecule has 0 atom stereocenters. The third kappa shape index (κ3) is 2.72. The molecule has 0 saturated heterocycles. The van der Waals surface area contributed by atoms with Gasteiger partial charge in [0, 0.05) is 4.91 Å². The molecule has 0 fully saturated rings. The molecule has 0 aliphatic heterocycles. The van der Waals surface area contributed by atoms with Crippen molar-refractivity contribution in [3.8, 4) is 0 Å². The highest BCUT2D eigenvalue weighted by Gasteiger charge is 2.27. The van der Waals surface area contributed by atoms with Crippen LogP contribution in [0.4, 0.5) is 23.2 Å². The minimum Gasteiger partial charge on any atom is -0.327 e. The molecular formula is C10H11F4N4+. The van der Waals surface area contributed by atoms with Crippen LogP contribution in [0.5, 0.6) is 0 Å². The van der Waals surface area contributed by atoms with Crippen molar-refractivity contribution in [1.29, 1.82) is 0 Å². The Balaban J connectivity index is 3.53. The van der Waals surface area contributed by atoms with Crippen LogP contribution in [0.3, 0.4) is 0 Å². The molecule has 0 radical (unpaired) electrons. The molecular weight excluding hydrogens is 252 g/mol. The first-order valence-electron chi connectivity index (χ1n) is 4.89. The SMILES string of the molecule is C[N+](C)(C)Cc1c(F)c(F)c(N=[N+]=[N-])c(F)c1F. The fourth-order valence-electron chi connectivity index (χ4n) is 1.41. The van der Waals surface area contributed by atoms with Gasteiger partial charge in [-0.2, -0.15) is 0 Å². The Morgan fingerprint density at radius 3 is 1.78 bits per heavy atom. The van der Waals surface area contributed by atoms with Gasteiger partial charge >= 0.3 is 0 Å². The summed E-state index contributed by atoms with van der Waals surface area (Å²) in [4.78, 5) is 2.12. The van der Waals surface area contributed by atoms with Crippen molar-refractivity contribution in [1.82, 2.24) is 0 Å². The molecule has 4 nitrogen and oxygen atoms in total. The van der Waals surface area contributed by atoms with E-state index in [2.05, 4.69) is 10.0 Å². The highest BCUT2D eigenvalue weighted by atomic mass is 19.2. The lowest BCUT2D eigenvalue weighted by molar-refractivity contribution is -0.884. The fraction of sp³-hybridized carbons (Fsp3) is 0.400. The monoisotopic (exact) mass is 263 g/mol. The second-order valence-corrected chi connectivity index (χ2v) is 4.72. The fourth-order valence-corrected chi connectivity index (χ4v) is 1.41. The van der Waals surface area contributed by atoms with Crippen LogP contribution in [0, 0.1) is 23.3 Å². The van der Waals surface area contributed by atoms with Gasteiger partial charge in [-0.25, -0.2) is 17.6 Å². The summed E-state index contributed by atoms with van der Waals surface area (Å²) in [6.45, 7) is -0.248. The molecule has 0 saturated carbocycles. The molecule has 0 N–H and O–H groups in total. The van der Waals surface area contributed by atoms with E-state index in [1.165, 1.54) is 0 Å². The predicted octanol–water partition coefficient (Wildman–Crippen LogP) is 3.39. The maximum Gasteiger partial charge on any atom is 0.172 e. The van der Waals surface area contributed by atoms with Gasteiger partial charge in [-0.3, -0.25) is 0 Å². The summed E-state index contributed by atoms with van der Waals surface area (Å²) in [5.41, 5.74) is 6.08. The van der Waals surface area contributed by atoms with E-state index in [1.807, 2.05) is 0 Å². The van der Waals surface area contributed by atoms with Crippen molar-refractivity contribution in [3.05, 3.63) is 39.3 Å². The molecule has 18 heavy (non-hydrogen) atoms. The van der Waals surface area contributed by atoms with E-state index in [1.54, 1.807) is 21.1 Å². The van der Waals surface area contributed by atoms with Crippen LogP contribution in [0.15, 0.2) is 5.11 Å². The lowest BCUT2D eigenvalue weighted by Gasteiger charge is -2.24. The highest BCUT2D eigenvalue weighted by Crippen LogP contribution is 2.31. The van der Waals surface area contributed by atoms with Gasteiger partial charge in [0.05, 0.1) is 26.7 Å². The first kappa shape index (κ1) is 14.3. The Morgan fingerprint density at radius 2 is 1.44 bits per heavy atom. The van der Waals surface area contributed by atoms with Crippen LogP contribution in [0.25, 0.3) is 10.4 Å². The number of benzene rings is 1. The smallest absolute Gasteiger partial charge is 0.172 e. The molecule has 0 spiro atoms. The summed E-state index contributed by atoms with van der Waals surface area (Å²) in [6.07, 6.45) is 0. The molecule has 0 unspecified atom stereocenters. The normalized spacial score (nSPS) is 11.3. The van der Waals surface area contributed by atoms with Crippen LogP contribution in [0.2, 0.25) is 0 Å². The maximum absolute atomic E-state index is 13.6. The molecule has 0 heterocycles. The van der Waals surface area contributed by atoms with Crippen LogP contribution < -0.4 is 0 Å². The number of azide groups is 1. The Morgan fingerprint density at radius 1 is 1.00 bits per heavy atom. The van der Waals surface area contributed by atoms with E-state index in [4.69, 9.17) is 5.53 Å². The van der Waals surface area contributed by atoms with Gasteiger partial charge in [-0.1, -0.05) is 5.11 Å². The lowest BCUT2D eigenvalue weighted by atomic mass is 10.1. The summed E-state index contributed by atoms with van der Waals surface area (Å²) >= 11 is 0. The van der Waals surface area contributed by atoms with Crippen molar-refractivity contribution in [2.75, 3.05) is 21.1 Å². The molecule has 1 aromatic rings. The zero-order valence-electron chi connectivity index (χ0n) is 10.0. The van der Waals surface area contributed by atoms with Crippen molar-refractivity contribution in [2.45, 2.75) is 6.54 Å². The average Bonchev–Trinajstić information content (AvgIpc) is 2.26. The third-order valence-electron chi connectivity index (χ3n) is 2.11. The largest absolute Gasteiger partial charge is 0.327 e. The van der Waals surface area contributed by atoms with Crippen LogP contribution in [-0.2, 0) is 6.54 Å². The number of quaternary nitrogens is 1. The molecule has 0 amide bonds. The Hall–Kier alpha value is -1.79. The third-order valence-corrected chi connectivity index (χ3v) is 2.11. The van der Waals surface area contributed by atoms with E-state index in [0.717, 1.165) is 0 Å². The summed E-state index contributed by atoms with van der Waals surface area (Å²) in [5, 5.41) is 2.61. The molecule has 1 rings (SSSR count). The van der Waals surface area contributed by atoms with E-state index in [9.17, 15) is 17.6 Å². The van der Waals surface area contributed by atoms with Gasteiger partial charge in [-0.05, 0) is 5.53 Å².